The molecule has 0 radical (unpaired) electrons. The number of rotatable bonds is 3. The molecule has 2 N–H and O–H groups in total. The third-order valence-electron chi connectivity index (χ3n) is 2.66. The van der Waals surface area contributed by atoms with Crippen molar-refractivity contribution in [2.24, 2.45) is 11.8 Å². The molecule has 0 heterocycles. The normalized spacial score (nSPS) is 22.0. The zero-order valence-electron chi connectivity index (χ0n) is 8.61. The van der Waals surface area contributed by atoms with Crippen molar-refractivity contribution in [1.82, 2.24) is 0 Å². The van der Waals surface area contributed by atoms with Gasteiger partial charge in [-0.25, -0.2) is 4.39 Å². The molecule has 0 aromatic heterocycles. The Kier molecular flexibility index (Phi) is 3.02. The van der Waals surface area contributed by atoms with Crippen LogP contribution in [0.5, 0.6) is 0 Å². The molecule has 1 fully saturated rings. The maximum absolute atomic E-state index is 13.3. The summed E-state index contributed by atoms with van der Waals surface area (Å²) in [4.78, 5) is 22.2. The molecule has 0 spiro atoms. The number of benzene rings is 1. The summed E-state index contributed by atoms with van der Waals surface area (Å²) < 4.78 is 13.3. The number of anilines is 1. The van der Waals surface area contributed by atoms with Gasteiger partial charge in [0.05, 0.1) is 22.5 Å². The molecule has 2 atom stereocenters. The summed E-state index contributed by atoms with van der Waals surface area (Å²) >= 11 is 5.73. The lowest BCUT2D eigenvalue weighted by molar-refractivity contribution is -0.139. The Labute approximate surface area is 101 Å². The van der Waals surface area contributed by atoms with Gasteiger partial charge in [0.25, 0.3) is 0 Å². The number of nitrogens with one attached hydrogen (secondary N) is 1. The van der Waals surface area contributed by atoms with Crippen LogP contribution in [0.15, 0.2) is 18.2 Å². The van der Waals surface area contributed by atoms with E-state index in [2.05, 4.69) is 5.32 Å². The summed E-state index contributed by atoms with van der Waals surface area (Å²) in [6.07, 6.45) is 0.285. The van der Waals surface area contributed by atoms with E-state index in [4.69, 9.17) is 16.7 Å². The fourth-order valence-corrected chi connectivity index (χ4v) is 1.80. The van der Waals surface area contributed by atoms with Crippen LogP contribution < -0.4 is 5.32 Å². The highest BCUT2D eigenvalue weighted by atomic mass is 35.5. The average molecular weight is 258 g/mol. The van der Waals surface area contributed by atoms with Gasteiger partial charge in [-0.2, -0.15) is 0 Å². The van der Waals surface area contributed by atoms with Crippen LogP contribution in [0.2, 0.25) is 5.02 Å². The highest BCUT2D eigenvalue weighted by Gasteiger charge is 2.48. The molecule has 17 heavy (non-hydrogen) atoms. The fraction of sp³-hybridized carbons (Fsp3) is 0.273. The lowest BCUT2D eigenvalue weighted by Gasteiger charge is -2.07. The van der Waals surface area contributed by atoms with E-state index in [1.165, 1.54) is 18.2 Å². The van der Waals surface area contributed by atoms with Crippen LogP contribution in [0.4, 0.5) is 10.1 Å². The second-order valence-corrected chi connectivity index (χ2v) is 4.28. The second-order valence-electron chi connectivity index (χ2n) is 3.87. The minimum atomic E-state index is -1.01. The molecule has 6 heteroatoms. The molecule has 2 rings (SSSR count). The zero-order valence-corrected chi connectivity index (χ0v) is 9.37. The molecule has 0 aliphatic heterocycles. The average Bonchev–Trinajstić information content (AvgIpc) is 3.03. The Morgan fingerprint density at radius 2 is 2.12 bits per heavy atom. The first-order valence-corrected chi connectivity index (χ1v) is 5.36. The van der Waals surface area contributed by atoms with Crippen molar-refractivity contribution in [2.45, 2.75) is 6.42 Å². The van der Waals surface area contributed by atoms with Crippen molar-refractivity contribution >= 4 is 29.2 Å². The van der Waals surface area contributed by atoms with Crippen LogP contribution in [0, 0.1) is 17.7 Å². The molecule has 0 saturated heterocycles. The van der Waals surface area contributed by atoms with E-state index in [0.717, 1.165) is 0 Å². The Morgan fingerprint density at radius 1 is 1.41 bits per heavy atom. The van der Waals surface area contributed by atoms with Gasteiger partial charge in [-0.3, -0.25) is 9.59 Å². The molecular formula is C11H9ClFNO3. The zero-order chi connectivity index (χ0) is 12.6. The number of carbonyl (C=O) groups excluding carboxylic acids is 1. The first kappa shape index (κ1) is 11.9. The van der Waals surface area contributed by atoms with E-state index >= 15 is 0 Å². The fourth-order valence-electron chi connectivity index (χ4n) is 1.59. The number of aliphatic carboxylic acids is 1. The van der Waals surface area contributed by atoms with Gasteiger partial charge < -0.3 is 10.4 Å². The van der Waals surface area contributed by atoms with Crippen LogP contribution in [0.1, 0.15) is 6.42 Å². The molecule has 1 aromatic rings. The van der Waals surface area contributed by atoms with Crippen LogP contribution in [-0.4, -0.2) is 17.0 Å². The molecule has 90 valence electrons. The maximum Gasteiger partial charge on any atom is 0.307 e. The largest absolute Gasteiger partial charge is 0.481 e. The number of para-hydroxylation sites is 1. The molecule has 4 nitrogen and oxygen atoms in total. The van der Waals surface area contributed by atoms with E-state index in [9.17, 15) is 14.0 Å². The number of carbonyl (C=O) groups is 2. The number of hydrogen-bond donors (Lipinski definition) is 2. The highest BCUT2D eigenvalue weighted by Crippen LogP contribution is 2.40. The number of amides is 1. The van der Waals surface area contributed by atoms with Crippen LogP contribution in [0.25, 0.3) is 0 Å². The number of hydrogen-bond acceptors (Lipinski definition) is 2. The standard InChI is InChI=1S/C11H9ClFNO3/c12-7-2-1-3-8(13)9(7)14-10(15)5-4-6(5)11(16)17/h1-3,5-6H,4H2,(H,14,15)(H,16,17)/t5-,6+/m1/s1. The SMILES string of the molecule is O=C(O)[C@H]1C[C@H]1C(=O)Nc1c(F)cccc1Cl. The number of carboxylic acid groups (broad SMARTS) is 1. The minimum absolute atomic E-state index is 0.0888. The van der Waals surface area contributed by atoms with Crippen molar-refractivity contribution in [1.29, 1.82) is 0 Å². The Morgan fingerprint density at radius 3 is 2.65 bits per heavy atom. The summed E-state index contributed by atoms with van der Waals surface area (Å²) in [6.45, 7) is 0. The molecular weight excluding hydrogens is 249 g/mol. The topological polar surface area (TPSA) is 66.4 Å². The Bertz CT molecular complexity index is 471. The molecule has 0 unspecified atom stereocenters. The lowest BCUT2D eigenvalue weighted by atomic mass is 10.2. The van der Waals surface area contributed by atoms with Gasteiger partial charge in [0.15, 0.2) is 0 Å². The lowest BCUT2D eigenvalue weighted by Crippen LogP contribution is -2.17. The number of halogens is 2. The molecule has 1 saturated carbocycles. The van der Waals surface area contributed by atoms with Crippen molar-refractivity contribution in [3.63, 3.8) is 0 Å². The van der Waals surface area contributed by atoms with Gasteiger partial charge in [-0.1, -0.05) is 17.7 Å². The van der Waals surface area contributed by atoms with E-state index in [1.807, 2.05) is 0 Å². The van der Waals surface area contributed by atoms with Crippen LogP contribution in [0.3, 0.4) is 0 Å². The summed E-state index contributed by atoms with van der Waals surface area (Å²) in [6, 6.07) is 4.04. The van der Waals surface area contributed by atoms with Crippen LogP contribution in [-0.2, 0) is 9.59 Å². The monoisotopic (exact) mass is 257 g/mol. The van der Waals surface area contributed by atoms with E-state index < -0.39 is 29.5 Å². The summed E-state index contributed by atoms with van der Waals surface area (Å²) in [5, 5.41) is 11.1. The predicted octanol–water partition coefficient (Wildman–Crippen LogP) is 2.14. The summed E-state index contributed by atoms with van der Waals surface area (Å²) in [5.41, 5.74) is -0.102. The van der Waals surface area contributed by atoms with Gasteiger partial charge in [0, 0.05) is 0 Å². The first-order chi connectivity index (χ1) is 8.00. The predicted molar refractivity (Wildman–Crippen MR) is 59.3 cm³/mol. The molecule has 1 amide bonds. The third-order valence-corrected chi connectivity index (χ3v) is 2.97. The van der Waals surface area contributed by atoms with Gasteiger partial charge in [0.1, 0.15) is 5.82 Å². The third kappa shape index (κ3) is 2.39. The summed E-state index contributed by atoms with van der Waals surface area (Å²) in [5.74, 6) is -3.42. The smallest absolute Gasteiger partial charge is 0.307 e. The molecule has 1 aromatic carbocycles. The van der Waals surface area contributed by atoms with Gasteiger partial charge in [0.2, 0.25) is 5.91 Å². The molecule has 1 aliphatic carbocycles. The van der Waals surface area contributed by atoms with E-state index in [1.54, 1.807) is 0 Å². The number of carboxylic acids is 1. The maximum atomic E-state index is 13.3. The van der Waals surface area contributed by atoms with Crippen molar-refractivity contribution < 1.29 is 19.1 Å². The minimum Gasteiger partial charge on any atom is -0.481 e. The van der Waals surface area contributed by atoms with Gasteiger partial charge in [-0.05, 0) is 18.6 Å². The van der Waals surface area contributed by atoms with Crippen molar-refractivity contribution in [2.75, 3.05) is 5.32 Å². The second kappa shape index (κ2) is 4.33. The molecule has 0 bridgehead atoms. The Balaban J connectivity index is 2.07. The Hall–Kier alpha value is -1.62. The quantitative estimate of drug-likeness (QED) is 0.872. The molecule has 1 aliphatic rings. The highest BCUT2D eigenvalue weighted by molar-refractivity contribution is 6.33. The first-order valence-electron chi connectivity index (χ1n) is 4.98. The van der Waals surface area contributed by atoms with Crippen molar-refractivity contribution in [3.8, 4) is 0 Å². The van der Waals surface area contributed by atoms with E-state index in [0.29, 0.717) is 0 Å². The summed E-state index contributed by atoms with van der Waals surface area (Å²) in [7, 11) is 0. The van der Waals surface area contributed by atoms with E-state index in [-0.39, 0.29) is 17.1 Å². The van der Waals surface area contributed by atoms with Crippen molar-refractivity contribution in [3.05, 3.63) is 29.0 Å². The van der Waals surface area contributed by atoms with Gasteiger partial charge >= 0.3 is 5.97 Å². The van der Waals surface area contributed by atoms with Gasteiger partial charge in [-0.15, -0.1) is 0 Å². The van der Waals surface area contributed by atoms with Crippen LogP contribution >= 0.6 is 11.6 Å².